The van der Waals surface area contributed by atoms with E-state index in [1.807, 2.05) is 0 Å². The normalized spacial score (nSPS) is 12.0. The van der Waals surface area contributed by atoms with Crippen LogP contribution in [0.1, 0.15) is 19.3 Å². The first kappa shape index (κ1) is 12.3. The van der Waals surface area contributed by atoms with Gasteiger partial charge in [-0.05, 0) is 6.42 Å². The lowest BCUT2D eigenvalue weighted by Gasteiger charge is -2.07. The number of nitro groups is 2. The fraction of sp³-hybridized carbons (Fsp3) is 0.833. The second kappa shape index (κ2) is 5.84. The number of carboxylic acid groups (broad SMARTS) is 1. The highest BCUT2D eigenvalue weighted by atomic mass is 16.6. The quantitative estimate of drug-likeness (QED) is 0.380. The highest BCUT2D eigenvalue weighted by Gasteiger charge is 2.21. The zero-order valence-electron chi connectivity index (χ0n) is 7.25. The van der Waals surface area contributed by atoms with Gasteiger partial charge in [0.1, 0.15) is 0 Å². The smallest absolute Gasteiger partial charge is 0.219 e. The van der Waals surface area contributed by atoms with Gasteiger partial charge >= 0.3 is 0 Å². The Labute approximate surface area is 78.8 Å². The van der Waals surface area contributed by atoms with Crippen molar-refractivity contribution >= 4 is 5.97 Å². The summed E-state index contributed by atoms with van der Waals surface area (Å²) in [5.41, 5.74) is 0. The van der Waals surface area contributed by atoms with Gasteiger partial charge in [-0.15, -0.1) is 0 Å². The molecule has 0 bridgehead atoms. The summed E-state index contributed by atoms with van der Waals surface area (Å²) in [5.74, 6) is -1.39. The van der Waals surface area contributed by atoms with Crippen LogP contribution >= 0.6 is 0 Å². The molecule has 80 valence electrons. The lowest BCUT2D eigenvalue weighted by molar-refractivity contribution is -0.542. The highest BCUT2D eigenvalue weighted by Crippen LogP contribution is 2.05. The maximum absolute atomic E-state index is 10.3. The van der Waals surface area contributed by atoms with Crippen molar-refractivity contribution in [2.45, 2.75) is 25.3 Å². The molecule has 0 rings (SSSR count). The number of hydrogen-bond donors (Lipinski definition) is 0. The molecule has 1 unspecified atom stereocenters. The van der Waals surface area contributed by atoms with Crippen LogP contribution < -0.4 is 5.11 Å². The molecule has 0 aromatic heterocycles. The molecule has 0 N–H and O–H groups in total. The SMILES string of the molecule is O=C([O-])CCC(CC[N+](=O)[O-])[N+](=O)[O-]. The minimum Gasteiger partial charge on any atom is -0.550 e. The Morgan fingerprint density at radius 2 is 1.79 bits per heavy atom. The van der Waals surface area contributed by atoms with Crippen molar-refractivity contribution in [2.24, 2.45) is 0 Å². The predicted octanol–water partition coefficient (Wildman–Crippen LogP) is -1.17. The van der Waals surface area contributed by atoms with E-state index < -0.39 is 34.8 Å². The fourth-order valence-corrected chi connectivity index (χ4v) is 0.894. The van der Waals surface area contributed by atoms with Crippen LogP contribution in [0.3, 0.4) is 0 Å². The Kier molecular flexibility index (Phi) is 5.12. The summed E-state index contributed by atoms with van der Waals surface area (Å²) in [6.45, 7) is -0.529. The Bertz CT molecular complexity index is 222. The summed E-state index contributed by atoms with van der Waals surface area (Å²) < 4.78 is 0. The Balaban J connectivity index is 3.96. The standard InChI is InChI=1S/C6H10N2O6/c9-6(10)2-1-5(8(13)14)3-4-7(11)12/h5H,1-4H2,(H,9,10)/p-1. The van der Waals surface area contributed by atoms with Crippen molar-refractivity contribution in [3.63, 3.8) is 0 Å². The van der Waals surface area contributed by atoms with Gasteiger partial charge in [-0.2, -0.15) is 0 Å². The third-order valence-electron chi connectivity index (χ3n) is 1.62. The highest BCUT2D eigenvalue weighted by molar-refractivity contribution is 5.64. The van der Waals surface area contributed by atoms with Crippen LogP contribution in [-0.2, 0) is 4.79 Å². The first-order chi connectivity index (χ1) is 6.43. The first-order valence-electron chi connectivity index (χ1n) is 3.88. The Morgan fingerprint density at radius 3 is 2.14 bits per heavy atom. The summed E-state index contributed by atoms with van der Waals surface area (Å²) in [7, 11) is 0. The van der Waals surface area contributed by atoms with Crippen LogP contribution in [0.5, 0.6) is 0 Å². The van der Waals surface area contributed by atoms with Gasteiger partial charge in [0.15, 0.2) is 0 Å². The number of hydrogen-bond acceptors (Lipinski definition) is 6. The molecule has 0 amide bonds. The van der Waals surface area contributed by atoms with Crippen LogP contribution in [0.2, 0.25) is 0 Å². The molecule has 0 aliphatic heterocycles. The second-order valence-corrected chi connectivity index (χ2v) is 2.69. The monoisotopic (exact) mass is 205 g/mol. The maximum atomic E-state index is 10.3. The lowest BCUT2D eigenvalue weighted by atomic mass is 10.1. The summed E-state index contributed by atoms with van der Waals surface area (Å²) in [5, 5.41) is 30.2. The van der Waals surface area contributed by atoms with Crippen molar-refractivity contribution in [2.75, 3.05) is 6.54 Å². The van der Waals surface area contributed by atoms with Crippen LogP contribution in [0.4, 0.5) is 0 Å². The van der Waals surface area contributed by atoms with E-state index in [1.54, 1.807) is 0 Å². The summed E-state index contributed by atoms with van der Waals surface area (Å²) in [6.07, 6.45) is -0.945. The molecular formula is C6H9N2O6-. The van der Waals surface area contributed by atoms with E-state index in [0.717, 1.165) is 0 Å². The summed E-state index contributed by atoms with van der Waals surface area (Å²) >= 11 is 0. The van der Waals surface area contributed by atoms with Crippen molar-refractivity contribution in [1.82, 2.24) is 0 Å². The van der Waals surface area contributed by atoms with Gasteiger partial charge < -0.3 is 9.90 Å². The molecule has 0 aromatic carbocycles. The van der Waals surface area contributed by atoms with E-state index >= 15 is 0 Å². The number of carbonyl (C=O) groups excluding carboxylic acids is 1. The molecule has 14 heavy (non-hydrogen) atoms. The number of nitrogens with zero attached hydrogens (tertiary/aromatic N) is 2. The molecule has 0 aromatic rings. The number of rotatable bonds is 7. The molecule has 0 aliphatic rings. The number of aliphatic carboxylic acids is 1. The average Bonchev–Trinajstić information content (AvgIpc) is 2.02. The molecule has 1 atom stereocenters. The third kappa shape index (κ3) is 5.86. The molecule has 0 spiro atoms. The molecule has 0 radical (unpaired) electrons. The molecule has 8 nitrogen and oxygen atoms in total. The summed E-state index contributed by atoms with van der Waals surface area (Å²) in [4.78, 5) is 28.8. The van der Waals surface area contributed by atoms with Gasteiger partial charge in [0.2, 0.25) is 12.6 Å². The van der Waals surface area contributed by atoms with E-state index in [0.29, 0.717) is 0 Å². The first-order valence-corrected chi connectivity index (χ1v) is 3.88. The van der Waals surface area contributed by atoms with Crippen molar-refractivity contribution < 1.29 is 19.7 Å². The maximum Gasteiger partial charge on any atom is 0.219 e. The van der Waals surface area contributed by atoms with Gasteiger partial charge in [0.25, 0.3) is 0 Å². The fourth-order valence-electron chi connectivity index (χ4n) is 0.894. The van der Waals surface area contributed by atoms with E-state index in [2.05, 4.69) is 0 Å². The number of carboxylic acids is 1. The summed E-state index contributed by atoms with van der Waals surface area (Å²) in [6, 6.07) is -1.18. The molecule has 0 saturated carbocycles. The number of carbonyl (C=O) groups is 1. The molecular weight excluding hydrogens is 196 g/mol. The lowest BCUT2D eigenvalue weighted by Crippen LogP contribution is -2.28. The van der Waals surface area contributed by atoms with Crippen LogP contribution in [0.25, 0.3) is 0 Å². The van der Waals surface area contributed by atoms with E-state index in [1.165, 1.54) is 0 Å². The van der Waals surface area contributed by atoms with E-state index in [4.69, 9.17) is 0 Å². The predicted molar refractivity (Wildman–Crippen MR) is 41.5 cm³/mol. The zero-order valence-corrected chi connectivity index (χ0v) is 7.25. The van der Waals surface area contributed by atoms with Gasteiger partial charge in [0, 0.05) is 22.2 Å². The van der Waals surface area contributed by atoms with Crippen LogP contribution in [0.15, 0.2) is 0 Å². The zero-order chi connectivity index (χ0) is 11.1. The topological polar surface area (TPSA) is 126 Å². The van der Waals surface area contributed by atoms with Crippen molar-refractivity contribution in [1.29, 1.82) is 0 Å². The molecule has 8 heteroatoms. The van der Waals surface area contributed by atoms with Crippen LogP contribution in [-0.4, -0.2) is 28.4 Å². The average molecular weight is 205 g/mol. The molecule has 0 heterocycles. The largest absolute Gasteiger partial charge is 0.550 e. The third-order valence-corrected chi connectivity index (χ3v) is 1.62. The second-order valence-electron chi connectivity index (χ2n) is 2.69. The molecule has 0 saturated heterocycles. The van der Waals surface area contributed by atoms with Gasteiger partial charge in [-0.1, -0.05) is 0 Å². The van der Waals surface area contributed by atoms with Crippen molar-refractivity contribution in [3.05, 3.63) is 20.2 Å². The van der Waals surface area contributed by atoms with Crippen LogP contribution in [0, 0.1) is 20.2 Å². The van der Waals surface area contributed by atoms with E-state index in [9.17, 15) is 30.1 Å². The molecule has 0 aliphatic carbocycles. The molecule has 0 fully saturated rings. The Morgan fingerprint density at radius 1 is 1.21 bits per heavy atom. The minimum absolute atomic E-state index is 0.233. The minimum atomic E-state index is -1.39. The van der Waals surface area contributed by atoms with Gasteiger partial charge in [-0.25, -0.2) is 0 Å². The Hall–Kier alpha value is -1.73. The van der Waals surface area contributed by atoms with Gasteiger partial charge in [-0.3, -0.25) is 20.2 Å². The van der Waals surface area contributed by atoms with E-state index in [-0.39, 0.29) is 12.8 Å². The van der Waals surface area contributed by atoms with Gasteiger partial charge in [0.05, 0.1) is 6.42 Å². The van der Waals surface area contributed by atoms with Crippen molar-refractivity contribution in [3.8, 4) is 0 Å².